The summed E-state index contributed by atoms with van der Waals surface area (Å²) in [6.45, 7) is 2.16. The van der Waals surface area contributed by atoms with Crippen LogP contribution < -0.4 is 11.1 Å². The number of anilines is 2. The minimum Gasteiger partial charge on any atom is -0.398 e. The molecular formula is C12H14N4O2. The van der Waals surface area contributed by atoms with E-state index in [-0.39, 0.29) is 5.78 Å². The van der Waals surface area contributed by atoms with Crippen molar-refractivity contribution in [2.75, 3.05) is 17.6 Å². The van der Waals surface area contributed by atoms with E-state index in [1.165, 1.54) is 13.3 Å². The van der Waals surface area contributed by atoms with Gasteiger partial charge < -0.3 is 15.6 Å². The van der Waals surface area contributed by atoms with Crippen LogP contribution >= 0.6 is 0 Å². The van der Waals surface area contributed by atoms with Crippen LogP contribution in [0.15, 0.2) is 29.1 Å². The number of hydrogen-bond acceptors (Lipinski definition) is 6. The number of hydrogen-bond donors (Lipinski definition) is 2. The Morgan fingerprint density at radius 1 is 1.50 bits per heavy atom. The van der Waals surface area contributed by atoms with E-state index in [4.69, 9.17) is 5.73 Å². The second kappa shape index (κ2) is 5.31. The van der Waals surface area contributed by atoms with Crippen LogP contribution in [0.1, 0.15) is 23.1 Å². The van der Waals surface area contributed by atoms with E-state index >= 15 is 0 Å². The average Bonchev–Trinajstić information content (AvgIpc) is 2.81. The number of aromatic nitrogens is 2. The first-order valence-electron chi connectivity index (χ1n) is 5.56. The smallest absolute Gasteiger partial charge is 0.213 e. The molecular weight excluding hydrogens is 232 g/mol. The standard InChI is InChI=1S/C12H14N4O2/c1-8(17)10-3-2-9(6-11(10)13)14-5-4-12-15-7-18-16-12/h2-3,6-7,14H,4-5,13H2,1H3. The van der Waals surface area contributed by atoms with Crippen LogP contribution in [0.25, 0.3) is 0 Å². The molecule has 94 valence electrons. The molecule has 6 heteroatoms. The second-order valence-corrected chi connectivity index (χ2v) is 3.88. The summed E-state index contributed by atoms with van der Waals surface area (Å²) in [6, 6.07) is 5.28. The number of nitrogens with zero attached hydrogens (tertiary/aromatic N) is 2. The van der Waals surface area contributed by atoms with Gasteiger partial charge in [0.1, 0.15) is 0 Å². The van der Waals surface area contributed by atoms with E-state index in [1.807, 2.05) is 6.07 Å². The zero-order valence-electron chi connectivity index (χ0n) is 10.0. The Bertz CT molecular complexity index is 537. The predicted octanol–water partition coefficient (Wildman–Crippen LogP) is 1.51. The first-order chi connectivity index (χ1) is 8.66. The lowest BCUT2D eigenvalue weighted by molar-refractivity contribution is 0.101. The maximum atomic E-state index is 11.2. The Morgan fingerprint density at radius 3 is 2.94 bits per heavy atom. The topological polar surface area (TPSA) is 94.0 Å². The summed E-state index contributed by atoms with van der Waals surface area (Å²) in [5, 5.41) is 6.88. The van der Waals surface area contributed by atoms with Crippen molar-refractivity contribution >= 4 is 17.2 Å². The lowest BCUT2D eigenvalue weighted by Crippen LogP contribution is -2.07. The highest BCUT2D eigenvalue weighted by molar-refractivity contribution is 5.99. The molecule has 0 unspecified atom stereocenters. The summed E-state index contributed by atoms with van der Waals surface area (Å²) in [7, 11) is 0. The van der Waals surface area contributed by atoms with Gasteiger partial charge in [0.15, 0.2) is 11.6 Å². The Kier molecular flexibility index (Phi) is 3.57. The minimum absolute atomic E-state index is 0.0363. The van der Waals surface area contributed by atoms with Crippen LogP contribution in [0.3, 0.4) is 0 Å². The third-order valence-corrected chi connectivity index (χ3v) is 2.52. The molecule has 2 aromatic rings. The molecule has 0 amide bonds. The van der Waals surface area contributed by atoms with Gasteiger partial charge >= 0.3 is 0 Å². The Hall–Kier alpha value is -2.37. The molecule has 1 aromatic carbocycles. The van der Waals surface area contributed by atoms with Gasteiger partial charge in [0.05, 0.1) is 0 Å². The average molecular weight is 246 g/mol. The second-order valence-electron chi connectivity index (χ2n) is 3.88. The third kappa shape index (κ3) is 2.85. The van der Waals surface area contributed by atoms with Gasteiger partial charge in [0.25, 0.3) is 0 Å². The number of carbonyl (C=O) groups is 1. The lowest BCUT2D eigenvalue weighted by Gasteiger charge is -2.08. The van der Waals surface area contributed by atoms with Gasteiger partial charge in [-0.2, -0.15) is 4.98 Å². The number of carbonyl (C=O) groups excluding carboxylic acids is 1. The fourth-order valence-corrected chi connectivity index (χ4v) is 1.61. The molecule has 0 saturated carbocycles. The lowest BCUT2D eigenvalue weighted by atomic mass is 10.1. The number of benzene rings is 1. The summed E-state index contributed by atoms with van der Waals surface area (Å²) in [5.74, 6) is 0.613. The quantitative estimate of drug-likeness (QED) is 0.613. The highest BCUT2D eigenvalue weighted by Crippen LogP contribution is 2.18. The summed E-state index contributed by atoms with van der Waals surface area (Å²) in [5.41, 5.74) is 7.67. The van der Waals surface area contributed by atoms with Crippen molar-refractivity contribution in [3.8, 4) is 0 Å². The van der Waals surface area contributed by atoms with Crippen molar-refractivity contribution in [2.45, 2.75) is 13.3 Å². The summed E-state index contributed by atoms with van der Waals surface area (Å²) in [4.78, 5) is 15.1. The number of rotatable bonds is 5. The van der Waals surface area contributed by atoms with E-state index in [0.717, 1.165) is 5.69 Å². The van der Waals surface area contributed by atoms with Crippen LogP contribution in [0.2, 0.25) is 0 Å². The Morgan fingerprint density at radius 2 is 2.33 bits per heavy atom. The number of Topliss-reactive ketones (excluding diaryl/α,β-unsaturated/α-hetero) is 1. The van der Waals surface area contributed by atoms with E-state index in [1.54, 1.807) is 12.1 Å². The Labute approximate surface area is 104 Å². The number of nitrogen functional groups attached to an aromatic ring is 1. The molecule has 1 heterocycles. The molecule has 0 saturated heterocycles. The normalized spacial score (nSPS) is 10.3. The number of nitrogens with one attached hydrogen (secondary N) is 1. The molecule has 2 rings (SSSR count). The molecule has 0 aliphatic carbocycles. The van der Waals surface area contributed by atoms with Crippen molar-refractivity contribution in [1.29, 1.82) is 0 Å². The van der Waals surface area contributed by atoms with Crippen molar-refractivity contribution in [3.05, 3.63) is 36.0 Å². The monoisotopic (exact) mass is 246 g/mol. The predicted molar refractivity (Wildman–Crippen MR) is 67.4 cm³/mol. The van der Waals surface area contributed by atoms with Gasteiger partial charge in [-0.25, -0.2) is 0 Å². The van der Waals surface area contributed by atoms with Gasteiger partial charge in [-0.05, 0) is 25.1 Å². The van der Waals surface area contributed by atoms with E-state index in [2.05, 4.69) is 20.0 Å². The van der Waals surface area contributed by atoms with Crippen LogP contribution in [-0.4, -0.2) is 22.5 Å². The molecule has 3 N–H and O–H groups in total. The first-order valence-corrected chi connectivity index (χ1v) is 5.56. The summed E-state index contributed by atoms with van der Waals surface area (Å²) in [6.07, 6.45) is 1.96. The van der Waals surface area contributed by atoms with Crippen LogP contribution in [0.5, 0.6) is 0 Å². The van der Waals surface area contributed by atoms with Crippen LogP contribution in [0, 0.1) is 0 Å². The maximum Gasteiger partial charge on any atom is 0.213 e. The van der Waals surface area contributed by atoms with E-state index in [0.29, 0.717) is 30.0 Å². The zero-order chi connectivity index (χ0) is 13.0. The largest absolute Gasteiger partial charge is 0.398 e. The van der Waals surface area contributed by atoms with Gasteiger partial charge in [-0.3, -0.25) is 4.79 Å². The molecule has 1 aromatic heterocycles. The maximum absolute atomic E-state index is 11.2. The van der Waals surface area contributed by atoms with Gasteiger partial charge in [0, 0.05) is 29.9 Å². The highest BCUT2D eigenvalue weighted by atomic mass is 16.5. The van der Waals surface area contributed by atoms with Crippen molar-refractivity contribution in [2.24, 2.45) is 0 Å². The molecule has 0 aliphatic rings. The van der Waals surface area contributed by atoms with Gasteiger partial charge in [-0.15, -0.1) is 0 Å². The fraction of sp³-hybridized carbons (Fsp3) is 0.250. The molecule has 0 radical (unpaired) electrons. The van der Waals surface area contributed by atoms with E-state index < -0.39 is 0 Å². The van der Waals surface area contributed by atoms with Gasteiger partial charge in [-0.1, -0.05) is 5.16 Å². The van der Waals surface area contributed by atoms with Crippen molar-refractivity contribution in [3.63, 3.8) is 0 Å². The molecule has 0 fully saturated rings. The van der Waals surface area contributed by atoms with Crippen molar-refractivity contribution < 1.29 is 9.32 Å². The molecule has 0 spiro atoms. The Balaban J connectivity index is 1.94. The van der Waals surface area contributed by atoms with Crippen molar-refractivity contribution in [1.82, 2.24) is 10.1 Å². The molecule has 6 nitrogen and oxygen atoms in total. The molecule has 0 aliphatic heterocycles. The zero-order valence-corrected chi connectivity index (χ0v) is 10.0. The SMILES string of the molecule is CC(=O)c1ccc(NCCc2ncon2)cc1N. The summed E-state index contributed by atoms with van der Waals surface area (Å²) >= 11 is 0. The van der Waals surface area contributed by atoms with Crippen LogP contribution in [0.4, 0.5) is 11.4 Å². The van der Waals surface area contributed by atoms with E-state index in [9.17, 15) is 4.79 Å². The fourth-order valence-electron chi connectivity index (χ4n) is 1.61. The highest BCUT2D eigenvalue weighted by Gasteiger charge is 2.05. The molecule has 0 atom stereocenters. The summed E-state index contributed by atoms with van der Waals surface area (Å²) < 4.78 is 4.63. The molecule has 0 bridgehead atoms. The molecule has 18 heavy (non-hydrogen) atoms. The number of nitrogens with two attached hydrogens (primary N) is 1. The van der Waals surface area contributed by atoms with Gasteiger partial charge in [0.2, 0.25) is 6.39 Å². The van der Waals surface area contributed by atoms with Crippen LogP contribution in [-0.2, 0) is 6.42 Å². The number of ketones is 1. The third-order valence-electron chi connectivity index (χ3n) is 2.52. The first kappa shape index (κ1) is 12.1. The minimum atomic E-state index is -0.0363.